The summed E-state index contributed by atoms with van der Waals surface area (Å²) in [5.41, 5.74) is 1.36. The summed E-state index contributed by atoms with van der Waals surface area (Å²) in [6.45, 7) is 12.2. The second kappa shape index (κ2) is 14.2. The SMILES string of the molecule is CN=C(NCCC(C)N(C)Cc1ccccc1)NCC(C)N1CCOCC1C.I. The van der Waals surface area contributed by atoms with Gasteiger partial charge in [-0.25, -0.2) is 0 Å². The van der Waals surface area contributed by atoms with Crippen molar-refractivity contribution in [3.63, 3.8) is 0 Å². The van der Waals surface area contributed by atoms with E-state index in [1.165, 1.54) is 5.56 Å². The van der Waals surface area contributed by atoms with Crippen molar-refractivity contribution in [3.05, 3.63) is 35.9 Å². The molecule has 0 spiro atoms. The van der Waals surface area contributed by atoms with Crippen molar-refractivity contribution in [2.45, 2.75) is 51.9 Å². The Morgan fingerprint density at radius 1 is 1.28 bits per heavy atom. The summed E-state index contributed by atoms with van der Waals surface area (Å²) in [7, 11) is 4.03. The molecule has 2 rings (SSSR count). The fourth-order valence-electron chi connectivity index (χ4n) is 3.62. The first-order valence-corrected chi connectivity index (χ1v) is 10.5. The molecule has 1 aliphatic heterocycles. The summed E-state index contributed by atoms with van der Waals surface area (Å²) < 4.78 is 5.54. The predicted molar refractivity (Wildman–Crippen MR) is 133 cm³/mol. The fraction of sp³-hybridized carbons (Fsp3) is 0.682. The normalized spacial score (nSPS) is 20.1. The van der Waals surface area contributed by atoms with Crippen LogP contribution < -0.4 is 10.6 Å². The second-order valence-electron chi connectivity index (χ2n) is 7.93. The van der Waals surface area contributed by atoms with E-state index in [-0.39, 0.29) is 24.0 Å². The molecule has 29 heavy (non-hydrogen) atoms. The van der Waals surface area contributed by atoms with Gasteiger partial charge in [-0.2, -0.15) is 0 Å². The molecule has 3 unspecified atom stereocenters. The maximum atomic E-state index is 5.54. The van der Waals surface area contributed by atoms with Crippen LogP contribution in [0.25, 0.3) is 0 Å². The van der Waals surface area contributed by atoms with E-state index in [9.17, 15) is 0 Å². The molecule has 0 bridgehead atoms. The number of ether oxygens (including phenoxy) is 1. The van der Waals surface area contributed by atoms with Crippen molar-refractivity contribution in [1.29, 1.82) is 0 Å². The molecule has 1 fully saturated rings. The standard InChI is InChI=1S/C22H39N5O.HI/c1-18(26(5)16-21-9-7-6-8-10-21)11-12-24-22(23-4)25-15-19(2)27-13-14-28-17-20(27)3;/h6-10,18-20H,11-17H2,1-5H3,(H2,23,24,25);1H. The van der Waals surface area contributed by atoms with Crippen LogP contribution in [-0.2, 0) is 11.3 Å². The van der Waals surface area contributed by atoms with Crippen LogP contribution in [-0.4, -0.2) is 80.8 Å². The monoisotopic (exact) mass is 517 g/mol. The molecule has 6 nitrogen and oxygen atoms in total. The Bertz CT molecular complexity index is 586. The van der Waals surface area contributed by atoms with Crippen molar-refractivity contribution in [2.75, 3.05) is 46.9 Å². The van der Waals surface area contributed by atoms with Crippen molar-refractivity contribution in [3.8, 4) is 0 Å². The molecule has 0 saturated carbocycles. The van der Waals surface area contributed by atoms with Crippen LogP contribution >= 0.6 is 24.0 Å². The van der Waals surface area contributed by atoms with Gasteiger partial charge in [0.2, 0.25) is 0 Å². The molecule has 1 saturated heterocycles. The van der Waals surface area contributed by atoms with E-state index in [2.05, 4.69) is 83.6 Å². The Morgan fingerprint density at radius 2 is 2.00 bits per heavy atom. The first kappa shape index (κ1) is 26.1. The highest BCUT2D eigenvalue weighted by atomic mass is 127. The maximum absolute atomic E-state index is 5.54. The minimum atomic E-state index is 0. The Morgan fingerprint density at radius 3 is 2.66 bits per heavy atom. The van der Waals surface area contributed by atoms with E-state index in [0.717, 1.165) is 51.8 Å². The summed E-state index contributed by atoms with van der Waals surface area (Å²) in [5.74, 6) is 0.880. The summed E-state index contributed by atoms with van der Waals surface area (Å²) in [6, 6.07) is 12.1. The van der Waals surface area contributed by atoms with E-state index in [1.807, 2.05) is 7.05 Å². The topological polar surface area (TPSA) is 52.1 Å². The maximum Gasteiger partial charge on any atom is 0.191 e. The largest absolute Gasteiger partial charge is 0.379 e. The van der Waals surface area contributed by atoms with Crippen LogP contribution in [0.15, 0.2) is 35.3 Å². The van der Waals surface area contributed by atoms with E-state index >= 15 is 0 Å². The van der Waals surface area contributed by atoms with E-state index in [4.69, 9.17) is 4.74 Å². The van der Waals surface area contributed by atoms with Crippen molar-refractivity contribution in [1.82, 2.24) is 20.4 Å². The van der Waals surface area contributed by atoms with Gasteiger partial charge in [-0.05, 0) is 39.8 Å². The highest BCUT2D eigenvalue weighted by molar-refractivity contribution is 14.0. The smallest absolute Gasteiger partial charge is 0.191 e. The first-order chi connectivity index (χ1) is 13.5. The Hall–Kier alpha value is -0.900. The fourth-order valence-corrected chi connectivity index (χ4v) is 3.62. The van der Waals surface area contributed by atoms with Gasteiger partial charge in [0.05, 0.1) is 13.2 Å². The third-order valence-corrected chi connectivity index (χ3v) is 5.66. The number of rotatable bonds is 9. The zero-order chi connectivity index (χ0) is 20.4. The molecule has 1 aromatic carbocycles. The van der Waals surface area contributed by atoms with Gasteiger partial charge in [-0.1, -0.05) is 30.3 Å². The van der Waals surface area contributed by atoms with Crippen molar-refractivity contribution >= 4 is 29.9 Å². The number of hydrogen-bond acceptors (Lipinski definition) is 4. The van der Waals surface area contributed by atoms with Crippen molar-refractivity contribution in [2.24, 2.45) is 4.99 Å². The van der Waals surface area contributed by atoms with E-state index in [1.54, 1.807) is 0 Å². The molecule has 2 N–H and O–H groups in total. The number of morpholine rings is 1. The number of guanidine groups is 1. The molecule has 1 heterocycles. The molecule has 7 heteroatoms. The van der Waals surface area contributed by atoms with Crippen LogP contribution in [0.5, 0.6) is 0 Å². The number of hydrogen-bond donors (Lipinski definition) is 2. The van der Waals surface area contributed by atoms with Gasteiger partial charge in [0.1, 0.15) is 0 Å². The number of aliphatic imine (C=N–C) groups is 1. The van der Waals surface area contributed by atoms with Gasteiger partial charge >= 0.3 is 0 Å². The van der Waals surface area contributed by atoms with Crippen LogP contribution in [0, 0.1) is 0 Å². The molecule has 0 aromatic heterocycles. The number of nitrogens with one attached hydrogen (secondary N) is 2. The third-order valence-electron chi connectivity index (χ3n) is 5.66. The van der Waals surface area contributed by atoms with Gasteiger partial charge in [0.25, 0.3) is 0 Å². The van der Waals surface area contributed by atoms with Crippen LogP contribution in [0.3, 0.4) is 0 Å². The quantitative estimate of drug-likeness (QED) is 0.300. The summed E-state index contributed by atoms with van der Waals surface area (Å²) in [4.78, 5) is 9.27. The first-order valence-electron chi connectivity index (χ1n) is 10.5. The van der Waals surface area contributed by atoms with Gasteiger partial charge in [0, 0.05) is 51.4 Å². The van der Waals surface area contributed by atoms with Gasteiger partial charge in [-0.3, -0.25) is 14.8 Å². The van der Waals surface area contributed by atoms with Gasteiger partial charge in [0.15, 0.2) is 5.96 Å². The molecule has 1 aliphatic rings. The zero-order valence-corrected chi connectivity index (χ0v) is 21.1. The van der Waals surface area contributed by atoms with Crippen LogP contribution in [0.4, 0.5) is 0 Å². The minimum Gasteiger partial charge on any atom is -0.379 e. The number of benzene rings is 1. The average Bonchev–Trinajstić information content (AvgIpc) is 2.71. The lowest BCUT2D eigenvalue weighted by atomic mass is 10.1. The highest BCUT2D eigenvalue weighted by Crippen LogP contribution is 2.10. The number of halogens is 1. The van der Waals surface area contributed by atoms with Gasteiger partial charge in [-0.15, -0.1) is 24.0 Å². The molecule has 0 amide bonds. The molecule has 0 radical (unpaired) electrons. The molecule has 1 aromatic rings. The second-order valence-corrected chi connectivity index (χ2v) is 7.93. The molecule has 3 atom stereocenters. The zero-order valence-electron chi connectivity index (χ0n) is 18.7. The summed E-state index contributed by atoms with van der Waals surface area (Å²) >= 11 is 0. The molecule has 0 aliphatic carbocycles. The van der Waals surface area contributed by atoms with E-state index < -0.39 is 0 Å². The lowest BCUT2D eigenvalue weighted by molar-refractivity contribution is -0.0174. The number of nitrogens with zero attached hydrogens (tertiary/aromatic N) is 3. The Kier molecular flexibility index (Phi) is 12.8. The average molecular weight is 518 g/mol. The predicted octanol–water partition coefficient (Wildman–Crippen LogP) is 2.79. The Labute approximate surface area is 194 Å². The van der Waals surface area contributed by atoms with E-state index in [0.29, 0.717) is 18.1 Å². The lowest BCUT2D eigenvalue weighted by Gasteiger charge is -2.38. The molecular formula is C22H40IN5O. The third kappa shape index (κ3) is 9.19. The van der Waals surface area contributed by atoms with Crippen LogP contribution in [0.1, 0.15) is 32.8 Å². The highest BCUT2D eigenvalue weighted by Gasteiger charge is 2.23. The minimum absolute atomic E-state index is 0. The lowest BCUT2D eigenvalue weighted by Crippen LogP contribution is -2.53. The Balaban J connectivity index is 0.00000420. The van der Waals surface area contributed by atoms with Gasteiger partial charge < -0.3 is 15.4 Å². The molecular weight excluding hydrogens is 477 g/mol. The van der Waals surface area contributed by atoms with Crippen molar-refractivity contribution < 1.29 is 4.74 Å². The summed E-state index contributed by atoms with van der Waals surface area (Å²) in [5, 5.41) is 6.93. The summed E-state index contributed by atoms with van der Waals surface area (Å²) in [6.07, 6.45) is 1.07. The van der Waals surface area contributed by atoms with Crippen LogP contribution in [0.2, 0.25) is 0 Å². The molecule has 166 valence electrons.